The van der Waals surface area contributed by atoms with Gasteiger partial charge in [0.15, 0.2) is 0 Å². The highest BCUT2D eigenvalue weighted by atomic mass is 16.3. The fourth-order valence-corrected chi connectivity index (χ4v) is 2.79. The van der Waals surface area contributed by atoms with Crippen molar-refractivity contribution in [2.75, 3.05) is 13.1 Å². The maximum Gasteiger partial charge on any atom is 0.125 e. The van der Waals surface area contributed by atoms with Crippen LogP contribution in [0.15, 0.2) is 17.1 Å². The molecule has 1 atom stereocenters. The minimum Gasteiger partial charge on any atom is -0.374 e. The molecule has 1 heterocycles. The lowest BCUT2D eigenvalue weighted by atomic mass is 10.1. The molecule has 0 saturated carbocycles. The molecule has 1 aliphatic rings. The Morgan fingerprint density at radius 1 is 1.10 bits per heavy atom. The van der Waals surface area contributed by atoms with E-state index in [2.05, 4.69) is 24.1 Å². The quantitative estimate of drug-likeness (QED) is 0.424. The number of hydrogen-bond acceptors (Lipinski definition) is 3. The number of unbranched alkanes of at least 4 members (excludes halogenated alkanes) is 8. The Kier molecular flexibility index (Phi) is 10.2. The summed E-state index contributed by atoms with van der Waals surface area (Å²) in [6.07, 6.45) is 17.1. The van der Waals surface area contributed by atoms with Gasteiger partial charge in [0.25, 0.3) is 0 Å². The number of aliphatic hydroxyl groups is 1. The third-order valence-corrected chi connectivity index (χ3v) is 4.11. The molecular weight excluding hydrogens is 260 g/mol. The molecule has 0 aromatic carbocycles. The van der Waals surface area contributed by atoms with Gasteiger partial charge in [-0.05, 0) is 19.8 Å². The summed E-state index contributed by atoms with van der Waals surface area (Å²) < 4.78 is 0. The molecule has 21 heavy (non-hydrogen) atoms. The van der Waals surface area contributed by atoms with Gasteiger partial charge < -0.3 is 10.0 Å². The molecule has 1 unspecified atom stereocenters. The first kappa shape index (κ1) is 18.2. The number of aliphatic hydroxyl groups excluding tert-OH is 1. The van der Waals surface area contributed by atoms with E-state index in [1.807, 2.05) is 11.8 Å². The summed E-state index contributed by atoms with van der Waals surface area (Å²) in [7, 11) is 0. The Labute approximate surface area is 131 Å². The maximum atomic E-state index is 9.62. The molecule has 0 bridgehead atoms. The predicted molar refractivity (Wildman–Crippen MR) is 91.7 cm³/mol. The lowest BCUT2D eigenvalue weighted by molar-refractivity contribution is 0.0771. The second-order valence-electron chi connectivity index (χ2n) is 6.06. The molecule has 1 aliphatic heterocycles. The number of allylic oxidation sites excluding steroid dienone is 1. The molecule has 0 radical (unpaired) electrons. The third kappa shape index (κ3) is 8.25. The Balaban J connectivity index is 1.96. The molecule has 0 saturated heterocycles. The average Bonchev–Trinajstić information content (AvgIpc) is 2.93. The van der Waals surface area contributed by atoms with Crippen LogP contribution < -0.4 is 0 Å². The molecule has 3 heteroatoms. The van der Waals surface area contributed by atoms with E-state index in [4.69, 9.17) is 0 Å². The molecule has 3 nitrogen and oxygen atoms in total. The van der Waals surface area contributed by atoms with Crippen molar-refractivity contribution in [3.63, 3.8) is 0 Å². The topological polar surface area (TPSA) is 35.8 Å². The SMILES string of the molecule is CCCCCCCCCC/C=C/CC1=NCCN1C(C)O. The summed E-state index contributed by atoms with van der Waals surface area (Å²) in [4.78, 5) is 6.44. The van der Waals surface area contributed by atoms with E-state index in [1.54, 1.807) is 0 Å². The van der Waals surface area contributed by atoms with Gasteiger partial charge in [0.1, 0.15) is 12.1 Å². The molecule has 0 aromatic rings. The lowest BCUT2D eigenvalue weighted by Gasteiger charge is -2.22. The van der Waals surface area contributed by atoms with Crippen LogP contribution in [0.4, 0.5) is 0 Å². The van der Waals surface area contributed by atoms with E-state index >= 15 is 0 Å². The summed E-state index contributed by atoms with van der Waals surface area (Å²) in [6.45, 7) is 5.76. The highest BCUT2D eigenvalue weighted by Gasteiger charge is 2.18. The normalized spacial score (nSPS) is 16.7. The number of nitrogens with zero attached hydrogens (tertiary/aromatic N) is 2. The fourth-order valence-electron chi connectivity index (χ4n) is 2.79. The average molecular weight is 294 g/mol. The third-order valence-electron chi connectivity index (χ3n) is 4.11. The number of aliphatic imine (C=N–C) groups is 1. The number of rotatable bonds is 12. The predicted octanol–water partition coefficient (Wildman–Crippen LogP) is 4.52. The fraction of sp³-hybridized carbons (Fsp3) is 0.833. The maximum absolute atomic E-state index is 9.62. The molecule has 1 rings (SSSR count). The molecule has 0 aliphatic carbocycles. The monoisotopic (exact) mass is 294 g/mol. The van der Waals surface area contributed by atoms with Gasteiger partial charge in [-0.1, -0.05) is 64.0 Å². The number of hydrogen-bond donors (Lipinski definition) is 1. The summed E-state index contributed by atoms with van der Waals surface area (Å²) in [5.41, 5.74) is 0. The Hall–Kier alpha value is -0.830. The van der Waals surface area contributed by atoms with Crippen LogP contribution in [0.2, 0.25) is 0 Å². The van der Waals surface area contributed by atoms with Crippen molar-refractivity contribution in [2.24, 2.45) is 4.99 Å². The molecule has 1 N–H and O–H groups in total. The first-order valence-electron chi connectivity index (χ1n) is 8.88. The Morgan fingerprint density at radius 2 is 1.76 bits per heavy atom. The van der Waals surface area contributed by atoms with Crippen molar-refractivity contribution < 1.29 is 5.11 Å². The van der Waals surface area contributed by atoms with E-state index in [0.29, 0.717) is 0 Å². The minimum atomic E-state index is -0.410. The molecule has 122 valence electrons. The largest absolute Gasteiger partial charge is 0.374 e. The second kappa shape index (κ2) is 11.8. The van der Waals surface area contributed by atoms with Crippen LogP contribution >= 0.6 is 0 Å². The lowest BCUT2D eigenvalue weighted by Crippen LogP contribution is -2.35. The summed E-state index contributed by atoms with van der Waals surface area (Å²) in [5.74, 6) is 1.04. The van der Waals surface area contributed by atoms with Crippen LogP contribution in [0.3, 0.4) is 0 Å². The van der Waals surface area contributed by atoms with Gasteiger partial charge >= 0.3 is 0 Å². The van der Waals surface area contributed by atoms with E-state index in [-0.39, 0.29) is 0 Å². The van der Waals surface area contributed by atoms with E-state index < -0.39 is 6.23 Å². The molecular formula is C18H34N2O. The van der Waals surface area contributed by atoms with Crippen LogP contribution in [0.1, 0.15) is 78.1 Å². The first-order chi connectivity index (χ1) is 10.3. The molecule has 0 spiro atoms. The van der Waals surface area contributed by atoms with Crippen molar-refractivity contribution in [1.82, 2.24) is 4.90 Å². The van der Waals surface area contributed by atoms with Gasteiger partial charge in [0.2, 0.25) is 0 Å². The van der Waals surface area contributed by atoms with Crippen LogP contribution in [0.25, 0.3) is 0 Å². The van der Waals surface area contributed by atoms with Gasteiger partial charge in [-0.25, -0.2) is 0 Å². The van der Waals surface area contributed by atoms with Crippen LogP contribution in [-0.4, -0.2) is 35.2 Å². The van der Waals surface area contributed by atoms with Crippen LogP contribution in [-0.2, 0) is 0 Å². The zero-order chi connectivity index (χ0) is 15.3. The zero-order valence-electron chi connectivity index (χ0n) is 14.1. The van der Waals surface area contributed by atoms with Crippen LogP contribution in [0, 0.1) is 0 Å². The minimum absolute atomic E-state index is 0.410. The van der Waals surface area contributed by atoms with Crippen molar-refractivity contribution in [3.8, 4) is 0 Å². The van der Waals surface area contributed by atoms with Crippen molar-refractivity contribution in [3.05, 3.63) is 12.2 Å². The van der Waals surface area contributed by atoms with Gasteiger partial charge in [0, 0.05) is 13.0 Å². The highest BCUT2D eigenvalue weighted by Crippen LogP contribution is 2.11. The molecule has 0 aromatic heterocycles. The summed E-state index contributed by atoms with van der Waals surface area (Å²) in [5, 5.41) is 9.62. The molecule has 0 fully saturated rings. The number of amidine groups is 1. The Bertz CT molecular complexity index is 310. The van der Waals surface area contributed by atoms with Gasteiger partial charge in [0.05, 0.1) is 6.54 Å². The second-order valence-corrected chi connectivity index (χ2v) is 6.06. The van der Waals surface area contributed by atoms with E-state index in [9.17, 15) is 5.11 Å². The van der Waals surface area contributed by atoms with Gasteiger partial charge in [-0.15, -0.1) is 0 Å². The standard InChI is InChI=1S/C18H34N2O/c1-3-4-5-6-7-8-9-10-11-12-13-14-18-19-15-16-20(18)17(2)21/h12-13,17,21H,3-11,14-16H2,1-2H3/b13-12+. The van der Waals surface area contributed by atoms with E-state index in [1.165, 1.54) is 57.8 Å². The molecule has 0 amide bonds. The van der Waals surface area contributed by atoms with Gasteiger partial charge in [-0.3, -0.25) is 4.99 Å². The van der Waals surface area contributed by atoms with Crippen molar-refractivity contribution >= 4 is 5.84 Å². The highest BCUT2D eigenvalue weighted by molar-refractivity contribution is 5.85. The summed E-state index contributed by atoms with van der Waals surface area (Å²) in [6, 6.07) is 0. The van der Waals surface area contributed by atoms with Crippen LogP contribution in [0.5, 0.6) is 0 Å². The smallest absolute Gasteiger partial charge is 0.125 e. The van der Waals surface area contributed by atoms with Gasteiger partial charge in [-0.2, -0.15) is 0 Å². The van der Waals surface area contributed by atoms with Crippen molar-refractivity contribution in [2.45, 2.75) is 84.3 Å². The zero-order valence-corrected chi connectivity index (χ0v) is 14.1. The Morgan fingerprint density at radius 3 is 2.43 bits per heavy atom. The van der Waals surface area contributed by atoms with Crippen molar-refractivity contribution in [1.29, 1.82) is 0 Å². The van der Waals surface area contributed by atoms with E-state index in [0.717, 1.165) is 25.3 Å². The summed E-state index contributed by atoms with van der Waals surface area (Å²) >= 11 is 0. The first-order valence-corrected chi connectivity index (χ1v) is 8.88.